The number of carbonyl (C=O) groups is 2. The average molecular weight is 339 g/mol. The number of rotatable bonds is 5. The molecule has 0 aromatic carbocycles. The van der Waals surface area contributed by atoms with Crippen LogP contribution in [0.2, 0.25) is 0 Å². The second kappa shape index (κ2) is 7.40. The van der Waals surface area contributed by atoms with Crippen molar-refractivity contribution in [1.29, 1.82) is 0 Å². The fourth-order valence-corrected chi connectivity index (χ4v) is 3.38. The molecule has 1 aromatic heterocycles. The van der Waals surface area contributed by atoms with Crippen molar-refractivity contribution in [3.8, 4) is 0 Å². The molecule has 23 heavy (non-hydrogen) atoms. The van der Waals surface area contributed by atoms with Gasteiger partial charge in [0.1, 0.15) is 5.54 Å². The Labute approximate surface area is 141 Å². The van der Waals surface area contributed by atoms with E-state index in [2.05, 4.69) is 20.6 Å². The van der Waals surface area contributed by atoms with E-state index in [0.717, 1.165) is 43.2 Å². The third-order valence-electron chi connectivity index (χ3n) is 4.14. The number of amides is 1. The van der Waals surface area contributed by atoms with Crippen LogP contribution in [0, 0.1) is 12.8 Å². The minimum absolute atomic E-state index is 0.0487. The lowest BCUT2D eigenvalue weighted by atomic mass is 9.94. The quantitative estimate of drug-likeness (QED) is 0.827. The normalized spacial score (nSPS) is 17.0. The Bertz CT molecular complexity index is 563. The zero-order valence-electron chi connectivity index (χ0n) is 14.2. The molecule has 1 N–H and O–H groups in total. The van der Waals surface area contributed by atoms with Crippen LogP contribution in [0.1, 0.15) is 37.4 Å². The van der Waals surface area contributed by atoms with E-state index in [-0.39, 0.29) is 11.8 Å². The zero-order valence-corrected chi connectivity index (χ0v) is 15.0. The van der Waals surface area contributed by atoms with Gasteiger partial charge in [0.25, 0.3) is 0 Å². The van der Waals surface area contributed by atoms with Gasteiger partial charge in [-0.2, -0.15) is 0 Å². The molecule has 2 rings (SSSR count). The lowest BCUT2D eigenvalue weighted by molar-refractivity contribution is -0.150. The van der Waals surface area contributed by atoms with E-state index < -0.39 is 11.5 Å². The summed E-state index contributed by atoms with van der Waals surface area (Å²) in [4.78, 5) is 30.8. The van der Waals surface area contributed by atoms with Crippen molar-refractivity contribution in [3.63, 3.8) is 0 Å². The number of methoxy groups -OCH3 is 1. The topological polar surface area (TPSA) is 71.5 Å². The lowest BCUT2D eigenvalue weighted by Gasteiger charge is -2.32. The molecular weight excluding hydrogens is 314 g/mol. The number of nitrogens with one attached hydrogen (secondary N) is 1. The predicted octanol–water partition coefficient (Wildman–Crippen LogP) is 1.73. The zero-order chi connectivity index (χ0) is 17.0. The Morgan fingerprint density at radius 2 is 2.09 bits per heavy atom. The van der Waals surface area contributed by atoms with Crippen LogP contribution >= 0.6 is 11.3 Å². The number of thiazole rings is 1. The standard InChI is InChI=1S/C16H25N3O3S/c1-11-17-13(10-23-11)9-19-7-5-12(6-8-19)14(20)18-16(2,3)15(21)22-4/h10,12H,5-9H2,1-4H3,(H,18,20). The molecule has 0 radical (unpaired) electrons. The maximum Gasteiger partial charge on any atom is 0.330 e. The average Bonchev–Trinajstić information content (AvgIpc) is 2.91. The molecule has 1 aliphatic rings. The summed E-state index contributed by atoms with van der Waals surface area (Å²) < 4.78 is 4.72. The van der Waals surface area contributed by atoms with Crippen molar-refractivity contribution in [2.24, 2.45) is 5.92 Å². The third-order valence-corrected chi connectivity index (χ3v) is 4.96. The molecule has 6 nitrogen and oxygen atoms in total. The van der Waals surface area contributed by atoms with Crippen molar-refractivity contribution in [3.05, 3.63) is 16.1 Å². The van der Waals surface area contributed by atoms with E-state index in [0.29, 0.717) is 0 Å². The van der Waals surface area contributed by atoms with Crippen LogP contribution in [0.25, 0.3) is 0 Å². The van der Waals surface area contributed by atoms with Crippen molar-refractivity contribution in [2.75, 3.05) is 20.2 Å². The highest BCUT2D eigenvalue weighted by Crippen LogP contribution is 2.21. The van der Waals surface area contributed by atoms with E-state index in [1.807, 2.05) is 6.92 Å². The van der Waals surface area contributed by atoms with Gasteiger partial charge in [-0.15, -0.1) is 11.3 Å². The van der Waals surface area contributed by atoms with Gasteiger partial charge in [-0.25, -0.2) is 9.78 Å². The number of likely N-dealkylation sites (tertiary alicyclic amines) is 1. The fourth-order valence-electron chi connectivity index (χ4n) is 2.78. The number of aryl methyl sites for hydroxylation is 1. The molecule has 0 spiro atoms. The Morgan fingerprint density at radius 3 is 2.61 bits per heavy atom. The molecule has 1 amide bonds. The highest BCUT2D eigenvalue weighted by Gasteiger charge is 2.34. The largest absolute Gasteiger partial charge is 0.467 e. The van der Waals surface area contributed by atoms with Gasteiger partial charge in [-0.1, -0.05) is 0 Å². The summed E-state index contributed by atoms with van der Waals surface area (Å²) in [5.41, 5.74) is 0.114. The molecule has 0 aliphatic carbocycles. The molecule has 1 saturated heterocycles. The van der Waals surface area contributed by atoms with Crippen LogP contribution in [-0.2, 0) is 20.9 Å². The van der Waals surface area contributed by atoms with Crippen LogP contribution in [0.4, 0.5) is 0 Å². The second-order valence-electron chi connectivity index (χ2n) is 6.51. The van der Waals surface area contributed by atoms with Gasteiger partial charge in [-0.05, 0) is 46.7 Å². The van der Waals surface area contributed by atoms with Crippen LogP contribution in [0.3, 0.4) is 0 Å². The smallest absolute Gasteiger partial charge is 0.330 e. The number of carbonyl (C=O) groups excluding carboxylic acids is 2. The van der Waals surface area contributed by atoms with E-state index in [1.54, 1.807) is 25.2 Å². The van der Waals surface area contributed by atoms with Gasteiger partial charge in [0.2, 0.25) is 5.91 Å². The second-order valence-corrected chi connectivity index (χ2v) is 7.58. The van der Waals surface area contributed by atoms with Crippen molar-refractivity contribution in [1.82, 2.24) is 15.2 Å². The molecule has 0 atom stereocenters. The molecule has 1 aromatic rings. The van der Waals surface area contributed by atoms with Crippen LogP contribution < -0.4 is 5.32 Å². The van der Waals surface area contributed by atoms with E-state index in [4.69, 9.17) is 4.74 Å². The first-order valence-electron chi connectivity index (χ1n) is 7.85. The first kappa shape index (κ1) is 17.9. The summed E-state index contributed by atoms with van der Waals surface area (Å²) >= 11 is 1.66. The maximum absolute atomic E-state index is 12.4. The molecule has 0 bridgehead atoms. The van der Waals surface area contributed by atoms with Crippen molar-refractivity contribution in [2.45, 2.75) is 45.7 Å². The van der Waals surface area contributed by atoms with Gasteiger partial charge in [0, 0.05) is 17.8 Å². The van der Waals surface area contributed by atoms with Crippen LogP contribution in [-0.4, -0.2) is 47.5 Å². The molecule has 1 fully saturated rings. The minimum Gasteiger partial charge on any atom is -0.467 e. The molecule has 7 heteroatoms. The summed E-state index contributed by atoms with van der Waals surface area (Å²) in [6.07, 6.45) is 1.60. The predicted molar refractivity (Wildman–Crippen MR) is 89.1 cm³/mol. The number of nitrogens with zero attached hydrogens (tertiary/aromatic N) is 2. The number of hydrogen-bond acceptors (Lipinski definition) is 6. The molecule has 1 aliphatic heterocycles. The SMILES string of the molecule is COC(=O)C(C)(C)NC(=O)C1CCN(Cc2csc(C)n2)CC1. The van der Waals surface area contributed by atoms with Gasteiger partial charge in [0.05, 0.1) is 17.8 Å². The lowest BCUT2D eigenvalue weighted by Crippen LogP contribution is -2.53. The summed E-state index contributed by atoms with van der Waals surface area (Å²) in [7, 11) is 1.33. The third kappa shape index (κ3) is 4.75. The Kier molecular flexibility index (Phi) is 5.75. The summed E-state index contributed by atoms with van der Waals surface area (Å²) in [5.74, 6) is -0.543. The Hall–Kier alpha value is -1.47. The van der Waals surface area contributed by atoms with Crippen LogP contribution in [0.5, 0.6) is 0 Å². The number of esters is 1. The van der Waals surface area contributed by atoms with Gasteiger partial charge >= 0.3 is 5.97 Å². The number of aromatic nitrogens is 1. The molecule has 0 saturated carbocycles. The minimum atomic E-state index is -0.985. The van der Waals surface area contributed by atoms with Crippen molar-refractivity contribution >= 4 is 23.2 Å². The van der Waals surface area contributed by atoms with E-state index in [9.17, 15) is 9.59 Å². The van der Waals surface area contributed by atoms with Crippen LogP contribution in [0.15, 0.2) is 5.38 Å². The highest BCUT2D eigenvalue weighted by molar-refractivity contribution is 7.09. The number of hydrogen-bond donors (Lipinski definition) is 1. The number of piperidine rings is 1. The molecular formula is C16H25N3O3S. The van der Waals surface area contributed by atoms with Gasteiger partial charge < -0.3 is 10.1 Å². The molecule has 2 heterocycles. The van der Waals surface area contributed by atoms with E-state index in [1.165, 1.54) is 7.11 Å². The fraction of sp³-hybridized carbons (Fsp3) is 0.688. The molecule has 128 valence electrons. The summed E-state index contributed by atoms with van der Waals surface area (Å²) in [5, 5.41) is 5.97. The highest BCUT2D eigenvalue weighted by atomic mass is 32.1. The van der Waals surface area contributed by atoms with Gasteiger partial charge in [0.15, 0.2) is 0 Å². The number of ether oxygens (including phenoxy) is 1. The molecule has 0 unspecified atom stereocenters. The Balaban J connectivity index is 1.81. The monoisotopic (exact) mass is 339 g/mol. The summed E-state index contributed by atoms with van der Waals surface area (Å²) in [6, 6.07) is 0. The van der Waals surface area contributed by atoms with Gasteiger partial charge in [-0.3, -0.25) is 9.69 Å². The maximum atomic E-state index is 12.4. The first-order valence-corrected chi connectivity index (χ1v) is 8.73. The van der Waals surface area contributed by atoms with Crippen molar-refractivity contribution < 1.29 is 14.3 Å². The van der Waals surface area contributed by atoms with E-state index >= 15 is 0 Å². The summed E-state index contributed by atoms with van der Waals surface area (Å²) in [6.45, 7) is 7.91. The first-order chi connectivity index (χ1) is 10.8. The Morgan fingerprint density at radius 1 is 1.43 bits per heavy atom.